The van der Waals surface area contributed by atoms with Crippen molar-refractivity contribution in [3.8, 4) is 11.1 Å². The summed E-state index contributed by atoms with van der Waals surface area (Å²) in [5.41, 5.74) is 7.80. The van der Waals surface area contributed by atoms with Crippen molar-refractivity contribution in [2.75, 3.05) is 10.2 Å². The third kappa shape index (κ3) is 4.65. The van der Waals surface area contributed by atoms with Crippen molar-refractivity contribution in [2.24, 2.45) is 0 Å². The summed E-state index contributed by atoms with van der Waals surface area (Å²) in [6, 6.07) is 53.8. The average molecular weight is 519 g/mol. The summed E-state index contributed by atoms with van der Waals surface area (Å²) >= 11 is 1.85. The molecule has 39 heavy (non-hydrogen) atoms. The van der Waals surface area contributed by atoms with E-state index in [4.69, 9.17) is 0 Å². The largest absolute Gasteiger partial charge is 0.355 e. The quantitative estimate of drug-likeness (QED) is 0.235. The normalized spacial score (nSPS) is 11.1. The topological polar surface area (TPSA) is 15.3 Å². The highest BCUT2D eigenvalue weighted by molar-refractivity contribution is 7.25. The Hall–Kier alpha value is -4.86. The molecule has 6 aromatic carbocycles. The lowest BCUT2D eigenvalue weighted by Gasteiger charge is -2.27. The van der Waals surface area contributed by atoms with Gasteiger partial charge in [0.15, 0.2) is 0 Å². The fourth-order valence-corrected chi connectivity index (χ4v) is 6.31. The second-order valence-electron chi connectivity index (χ2n) is 9.58. The maximum absolute atomic E-state index is 3.64. The Kier molecular flexibility index (Phi) is 6.04. The molecule has 0 saturated heterocycles. The van der Waals surface area contributed by atoms with E-state index < -0.39 is 0 Å². The van der Waals surface area contributed by atoms with Gasteiger partial charge < -0.3 is 10.2 Å². The van der Waals surface area contributed by atoms with Crippen molar-refractivity contribution >= 4 is 59.9 Å². The number of nitrogens with zero attached hydrogens (tertiary/aromatic N) is 1. The van der Waals surface area contributed by atoms with Gasteiger partial charge in [-0.15, -0.1) is 11.3 Å². The van der Waals surface area contributed by atoms with E-state index in [1.807, 2.05) is 17.4 Å². The summed E-state index contributed by atoms with van der Waals surface area (Å²) in [6.45, 7) is 0. The van der Waals surface area contributed by atoms with E-state index in [2.05, 4.69) is 156 Å². The van der Waals surface area contributed by atoms with Crippen molar-refractivity contribution < 1.29 is 0 Å². The van der Waals surface area contributed by atoms with Crippen LogP contribution >= 0.6 is 11.3 Å². The van der Waals surface area contributed by atoms with Gasteiger partial charge in [0.2, 0.25) is 0 Å². The lowest BCUT2D eigenvalue weighted by molar-refractivity contribution is 1.29. The minimum absolute atomic E-state index is 1.04. The fourth-order valence-electron chi connectivity index (χ4n) is 5.18. The van der Waals surface area contributed by atoms with Crippen LogP contribution in [-0.4, -0.2) is 0 Å². The first-order valence-corrected chi connectivity index (χ1v) is 13.9. The lowest BCUT2D eigenvalue weighted by Crippen LogP contribution is -2.10. The number of benzene rings is 6. The first kappa shape index (κ1) is 23.3. The molecule has 0 radical (unpaired) electrons. The Bertz CT molecular complexity index is 1880. The summed E-state index contributed by atoms with van der Waals surface area (Å²) in [5.74, 6) is 0. The molecule has 0 aliphatic rings. The highest BCUT2D eigenvalue weighted by Gasteiger charge is 2.16. The highest BCUT2D eigenvalue weighted by Crippen LogP contribution is 2.42. The maximum atomic E-state index is 3.64. The van der Waals surface area contributed by atoms with Crippen LogP contribution in [0.3, 0.4) is 0 Å². The number of thiophene rings is 1. The SMILES string of the molecule is c1ccc(Nc2cc(-c3ccccc3)cc(N(c3ccccc3)c3ccc4c(c3)sc3ccccc34)c2)cc1. The van der Waals surface area contributed by atoms with Crippen LogP contribution < -0.4 is 10.2 Å². The number of hydrogen-bond acceptors (Lipinski definition) is 3. The van der Waals surface area contributed by atoms with E-state index in [0.29, 0.717) is 0 Å². The highest BCUT2D eigenvalue weighted by atomic mass is 32.1. The summed E-state index contributed by atoms with van der Waals surface area (Å²) in [7, 11) is 0. The lowest BCUT2D eigenvalue weighted by atomic mass is 10.0. The molecule has 7 aromatic rings. The number of rotatable bonds is 6. The van der Waals surface area contributed by atoms with Crippen LogP contribution in [0.4, 0.5) is 28.4 Å². The van der Waals surface area contributed by atoms with Crippen molar-refractivity contribution in [3.63, 3.8) is 0 Å². The molecule has 0 atom stereocenters. The van der Waals surface area contributed by atoms with Crippen LogP contribution in [0, 0.1) is 0 Å². The average Bonchev–Trinajstić information content (AvgIpc) is 3.37. The predicted molar refractivity (Wildman–Crippen MR) is 169 cm³/mol. The summed E-state index contributed by atoms with van der Waals surface area (Å²) in [5, 5.41) is 6.25. The third-order valence-corrected chi connectivity index (χ3v) is 8.11. The van der Waals surface area contributed by atoms with Gasteiger partial charge in [-0.3, -0.25) is 0 Å². The van der Waals surface area contributed by atoms with Crippen molar-refractivity contribution in [1.29, 1.82) is 0 Å². The molecule has 0 saturated carbocycles. The van der Waals surface area contributed by atoms with Crippen LogP contribution in [0.2, 0.25) is 0 Å². The first-order chi connectivity index (χ1) is 19.3. The molecule has 0 spiro atoms. The molecule has 0 unspecified atom stereocenters. The second-order valence-corrected chi connectivity index (χ2v) is 10.7. The summed E-state index contributed by atoms with van der Waals surface area (Å²) in [6.07, 6.45) is 0. The number of para-hydroxylation sites is 2. The van der Waals surface area contributed by atoms with Crippen molar-refractivity contribution in [1.82, 2.24) is 0 Å². The molecule has 7 rings (SSSR count). The standard InChI is InChI=1S/C36H26N2S/c1-4-12-26(13-5-1)27-22-29(37-28-14-6-2-7-15-28)24-32(23-27)38(30-16-8-3-9-17-30)31-20-21-34-33-18-10-11-19-35(33)39-36(34)25-31/h1-25,37H. The maximum Gasteiger partial charge on any atom is 0.0488 e. The van der Waals surface area contributed by atoms with E-state index in [0.717, 1.165) is 34.0 Å². The fraction of sp³-hybridized carbons (Fsp3) is 0. The number of hydrogen-bond donors (Lipinski definition) is 1. The zero-order valence-electron chi connectivity index (χ0n) is 21.3. The van der Waals surface area contributed by atoms with Crippen molar-refractivity contribution in [2.45, 2.75) is 0 Å². The van der Waals surface area contributed by atoms with Gasteiger partial charge >= 0.3 is 0 Å². The molecule has 0 bridgehead atoms. The van der Waals surface area contributed by atoms with Crippen LogP contribution in [0.15, 0.2) is 152 Å². The van der Waals surface area contributed by atoms with E-state index in [-0.39, 0.29) is 0 Å². The van der Waals surface area contributed by atoms with Gasteiger partial charge in [-0.2, -0.15) is 0 Å². The van der Waals surface area contributed by atoms with Gasteiger partial charge in [0, 0.05) is 48.6 Å². The van der Waals surface area contributed by atoms with Gasteiger partial charge in [0.1, 0.15) is 0 Å². The molecule has 1 N–H and O–H groups in total. The van der Waals surface area contributed by atoms with Gasteiger partial charge in [-0.1, -0.05) is 91.0 Å². The van der Waals surface area contributed by atoms with E-state index in [1.54, 1.807) is 0 Å². The predicted octanol–water partition coefficient (Wildman–Crippen LogP) is 10.9. The Balaban J connectivity index is 1.42. The van der Waals surface area contributed by atoms with E-state index >= 15 is 0 Å². The number of anilines is 5. The minimum atomic E-state index is 1.04. The Morgan fingerprint density at radius 1 is 0.410 bits per heavy atom. The van der Waals surface area contributed by atoms with Gasteiger partial charge in [0.25, 0.3) is 0 Å². The monoisotopic (exact) mass is 518 g/mol. The first-order valence-electron chi connectivity index (χ1n) is 13.1. The number of nitrogens with one attached hydrogen (secondary N) is 1. The summed E-state index contributed by atoms with van der Waals surface area (Å²) in [4.78, 5) is 2.35. The summed E-state index contributed by atoms with van der Waals surface area (Å²) < 4.78 is 2.60. The zero-order chi connectivity index (χ0) is 26.0. The molecule has 1 heterocycles. The van der Waals surface area contributed by atoms with Gasteiger partial charge in [-0.05, 0) is 71.8 Å². The molecule has 0 amide bonds. The molecular weight excluding hydrogens is 492 g/mol. The number of fused-ring (bicyclic) bond motifs is 3. The molecule has 2 nitrogen and oxygen atoms in total. The zero-order valence-corrected chi connectivity index (χ0v) is 22.1. The van der Waals surface area contributed by atoms with Crippen LogP contribution in [0.5, 0.6) is 0 Å². The Morgan fingerprint density at radius 2 is 1.08 bits per heavy atom. The molecule has 186 valence electrons. The molecule has 1 aromatic heterocycles. The van der Waals surface area contributed by atoms with Crippen molar-refractivity contribution in [3.05, 3.63) is 152 Å². The van der Waals surface area contributed by atoms with Gasteiger partial charge in [-0.25, -0.2) is 0 Å². The molecule has 0 aliphatic heterocycles. The van der Waals surface area contributed by atoms with Crippen LogP contribution in [0.25, 0.3) is 31.3 Å². The second kappa shape index (κ2) is 10.1. The van der Waals surface area contributed by atoms with Gasteiger partial charge in [0.05, 0.1) is 0 Å². The van der Waals surface area contributed by atoms with E-state index in [1.165, 1.54) is 25.7 Å². The Morgan fingerprint density at radius 3 is 1.87 bits per heavy atom. The molecule has 0 fully saturated rings. The van der Waals surface area contributed by atoms with Crippen LogP contribution in [0.1, 0.15) is 0 Å². The van der Waals surface area contributed by atoms with Crippen LogP contribution in [-0.2, 0) is 0 Å². The smallest absolute Gasteiger partial charge is 0.0488 e. The molecular formula is C36H26N2S. The molecule has 0 aliphatic carbocycles. The Labute approximate surface area is 232 Å². The third-order valence-electron chi connectivity index (χ3n) is 6.98. The minimum Gasteiger partial charge on any atom is -0.355 e. The van der Waals surface area contributed by atoms with E-state index in [9.17, 15) is 0 Å². The molecule has 3 heteroatoms.